The molecule has 3 aromatic carbocycles. The smallest absolute Gasteiger partial charge is 0.149 e. The molecule has 0 spiro atoms. The summed E-state index contributed by atoms with van der Waals surface area (Å²) in [5.74, 6) is 3.22. The predicted octanol–water partition coefficient (Wildman–Crippen LogP) is 11.7. The van der Waals surface area contributed by atoms with Crippen LogP contribution in [0.25, 0.3) is 28.2 Å². The second kappa shape index (κ2) is 11.8. The molecule has 10 rings (SSSR count). The minimum Gasteiger partial charge on any atom is -0.487 e. The Hall–Kier alpha value is -5.07. The van der Waals surface area contributed by atoms with Crippen LogP contribution in [0.5, 0.6) is 0 Å². The van der Waals surface area contributed by atoms with E-state index >= 15 is 0 Å². The average Bonchev–Trinajstić information content (AvgIpc) is 3.66. The molecule has 2 heterocycles. The standard InChI is InChI=1S/C47H42N2O/c1-29-18-19-30-20-22-38(35-13-5-6-14-36(35)41(30)26-29)45-32(28-48)10-9-16-34(45)31-21-25-44-42(27-31)40-24-23-39-37-15-7-8-17-43(37)49(46(39)47(40)50-44)33-11-3-2-4-12-33/h2-4,6-12,14-19,23-24,27,29,35-36,38,40,47H,5,13,20-22,25-26H2,1H3/t29-,35?,36?,38?,40?,47?/m0/s1. The first kappa shape index (κ1) is 29.8. The van der Waals surface area contributed by atoms with Gasteiger partial charge in [0.1, 0.15) is 11.9 Å². The summed E-state index contributed by atoms with van der Waals surface area (Å²) in [6.07, 6.45) is 24.4. The molecule has 0 amide bonds. The van der Waals surface area contributed by atoms with Gasteiger partial charge in [0.2, 0.25) is 0 Å². The molecule has 5 unspecified atom stereocenters. The number of para-hydroxylation sites is 2. The summed E-state index contributed by atoms with van der Waals surface area (Å²) in [5.41, 5.74) is 14.2. The van der Waals surface area contributed by atoms with E-state index in [9.17, 15) is 5.26 Å². The largest absolute Gasteiger partial charge is 0.487 e. The number of hydrogen-bond acceptors (Lipinski definition) is 2. The van der Waals surface area contributed by atoms with E-state index in [-0.39, 0.29) is 12.0 Å². The zero-order valence-corrected chi connectivity index (χ0v) is 28.7. The molecular weight excluding hydrogens is 609 g/mol. The molecule has 50 heavy (non-hydrogen) atoms. The predicted molar refractivity (Wildman–Crippen MR) is 202 cm³/mol. The maximum atomic E-state index is 10.6. The van der Waals surface area contributed by atoms with Crippen LogP contribution in [0.2, 0.25) is 0 Å². The van der Waals surface area contributed by atoms with Crippen LogP contribution in [0, 0.1) is 35.0 Å². The molecule has 1 aliphatic heterocycles. The van der Waals surface area contributed by atoms with Gasteiger partial charge in [-0.15, -0.1) is 0 Å². The van der Waals surface area contributed by atoms with E-state index in [1.54, 1.807) is 11.1 Å². The second-order valence-electron chi connectivity index (χ2n) is 15.3. The summed E-state index contributed by atoms with van der Waals surface area (Å²) < 4.78 is 9.43. The summed E-state index contributed by atoms with van der Waals surface area (Å²) in [5, 5.41) is 11.9. The zero-order chi connectivity index (χ0) is 33.3. The molecule has 3 nitrogen and oxygen atoms in total. The first-order valence-corrected chi connectivity index (χ1v) is 18.8. The van der Waals surface area contributed by atoms with E-state index in [2.05, 4.69) is 133 Å². The maximum absolute atomic E-state index is 10.6. The van der Waals surface area contributed by atoms with Crippen LogP contribution < -0.4 is 0 Å². The van der Waals surface area contributed by atoms with Crippen molar-refractivity contribution < 1.29 is 4.74 Å². The molecule has 6 atom stereocenters. The third-order valence-corrected chi connectivity index (χ3v) is 12.6. The van der Waals surface area contributed by atoms with Gasteiger partial charge in [-0.1, -0.05) is 104 Å². The van der Waals surface area contributed by atoms with Crippen molar-refractivity contribution in [3.05, 3.63) is 160 Å². The van der Waals surface area contributed by atoms with Gasteiger partial charge in [0.15, 0.2) is 0 Å². The summed E-state index contributed by atoms with van der Waals surface area (Å²) in [6.45, 7) is 2.35. The number of rotatable bonds is 3. The lowest BCUT2D eigenvalue weighted by molar-refractivity contribution is 0.114. The molecule has 0 N–H and O–H groups in total. The Morgan fingerprint density at radius 2 is 1.72 bits per heavy atom. The van der Waals surface area contributed by atoms with Gasteiger partial charge >= 0.3 is 0 Å². The fourth-order valence-electron chi connectivity index (χ4n) is 10.4. The molecule has 0 bridgehead atoms. The van der Waals surface area contributed by atoms with Crippen molar-refractivity contribution in [3.8, 4) is 11.8 Å². The van der Waals surface area contributed by atoms with E-state index in [0.29, 0.717) is 23.7 Å². The SMILES string of the molecule is C[C@H]1C=CC2=C(C1)C1C=CCCC1C(c1c(C#N)cccc1C1=CC3=C(CC1)OC1c4c(c5ccccc5n4-c4ccccc4)C=CC31)CC2. The highest BCUT2D eigenvalue weighted by Crippen LogP contribution is 2.55. The van der Waals surface area contributed by atoms with Crippen molar-refractivity contribution in [2.24, 2.45) is 23.7 Å². The Balaban J connectivity index is 1.05. The van der Waals surface area contributed by atoms with Gasteiger partial charge in [0.05, 0.1) is 22.8 Å². The van der Waals surface area contributed by atoms with Crippen LogP contribution in [-0.2, 0) is 4.74 Å². The Morgan fingerprint density at radius 1 is 0.840 bits per heavy atom. The van der Waals surface area contributed by atoms with Gasteiger partial charge in [-0.25, -0.2) is 0 Å². The lowest BCUT2D eigenvalue weighted by Gasteiger charge is -2.37. The number of hydrogen-bond donors (Lipinski definition) is 0. The third kappa shape index (κ3) is 4.54. The molecule has 3 heteroatoms. The highest BCUT2D eigenvalue weighted by atomic mass is 16.5. The lowest BCUT2D eigenvalue weighted by atomic mass is 9.67. The molecule has 0 saturated heterocycles. The first-order chi connectivity index (χ1) is 24.7. The van der Waals surface area contributed by atoms with E-state index in [1.165, 1.54) is 63.0 Å². The van der Waals surface area contributed by atoms with Crippen molar-refractivity contribution in [2.75, 3.05) is 0 Å². The van der Waals surface area contributed by atoms with Gasteiger partial charge in [-0.05, 0) is 103 Å². The Kier molecular flexibility index (Phi) is 7.02. The Morgan fingerprint density at radius 3 is 2.62 bits per heavy atom. The number of ether oxygens (including phenoxy) is 1. The minimum absolute atomic E-state index is 0.0717. The van der Waals surface area contributed by atoms with Gasteiger partial charge in [-0.3, -0.25) is 0 Å². The van der Waals surface area contributed by atoms with E-state index in [4.69, 9.17) is 4.74 Å². The summed E-state index contributed by atoms with van der Waals surface area (Å²) in [6, 6.07) is 28.7. The van der Waals surface area contributed by atoms with Crippen LogP contribution in [0.3, 0.4) is 0 Å². The Bertz CT molecular complexity index is 2280. The van der Waals surface area contributed by atoms with Crippen molar-refractivity contribution in [3.63, 3.8) is 0 Å². The molecule has 0 fully saturated rings. The highest BCUT2D eigenvalue weighted by molar-refractivity contribution is 5.94. The fraction of sp³-hybridized carbons (Fsp3) is 0.298. The van der Waals surface area contributed by atoms with Crippen LogP contribution >= 0.6 is 0 Å². The number of allylic oxidation sites excluding steroid dienone is 9. The number of nitrogens with zero attached hydrogens (tertiary/aromatic N) is 2. The van der Waals surface area contributed by atoms with Gasteiger partial charge < -0.3 is 9.30 Å². The van der Waals surface area contributed by atoms with E-state index in [1.807, 2.05) is 0 Å². The Labute approximate surface area is 295 Å². The van der Waals surface area contributed by atoms with Crippen LogP contribution in [0.15, 0.2) is 132 Å². The zero-order valence-electron chi connectivity index (χ0n) is 28.7. The normalized spacial score (nSPS) is 27.8. The van der Waals surface area contributed by atoms with Crippen LogP contribution in [0.4, 0.5) is 0 Å². The van der Waals surface area contributed by atoms with Crippen LogP contribution in [0.1, 0.15) is 91.8 Å². The average molecular weight is 651 g/mol. The van der Waals surface area contributed by atoms with Gasteiger partial charge in [0, 0.05) is 40.5 Å². The number of nitriles is 1. The lowest BCUT2D eigenvalue weighted by Crippen LogP contribution is -2.26. The maximum Gasteiger partial charge on any atom is 0.149 e. The molecule has 4 aromatic rings. The van der Waals surface area contributed by atoms with Crippen LogP contribution in [-0.4, -0.2) is 4.57 Å². The van der Waals surface area contributed by atoms with Crippen molar-refractivity contribution in [1.29, 1.82) is 5.26 Å². The third-order valence-electron chi connectivity index (χ3n) is 12.6. The van der Waals surface area contributed by atoms with E-state index in [0.717, 1.165) is 43.4 Å². The summed E-state index contributed by atoms with van der Waals surface area (Å²) in [4.78, 5) is 0. The minimum atomic E-state index is -0.0717. The number of aromatic nitrogens is 1. The van der Waals surface area contributed by atoms with Gasteiger partial charge in [0.25, 0.3) is 0 Å². The molecule has 246 valence electrons. The van der Waals surface area contributed by atoms with Gasteiger partial charge in [-0.2, -0.15) is 5.26 Å². The molecule has 0 radical (unpaired) electrons. The van der Waals surface area contributed by atoms with Crippen molar-refractivity contribution in [1.82, 2.24) is 4.57 Å². The molecule has 1 aromatic heterocycles. The quantitative estimate of drug-likeness (QED) is 0.207. The summed E-state index contributed by atoms with van der Waals surface area (Å²) >= 11 is 0. The van der Waals surface area contributed by atoms with Crippen molar-refractivity contribution >= 4 is 22.6 Å². The number of fused-ring (bicyclic) bond motifs is 8. The molecule has 5 aliphatic carbocycles. The fourth-order valence-corrected chi connectivity index (χ4v) is 10.4. The number of benzene rings is 3. The first-order valence-electron chi connectivity index (χ1n) is 18.8. The topological polar surface area (TPSA) is 37.9 Å². The second-order valence-corrected chi connectivity index (χ2v) is 15.3. The monoisotopic (exact) mass is 650 g/mol. The molecule has 0 saturated carbocycles. The van der Waals surface area contributed by atoms with E-state index < -0.39 is 0 Å². The molecular formula is C47H42N2O. The molecule has 6 aliphatic rings. The highest BCUT2D eigenvalue weighted by Gasteiger charge is 2.43. The van der Waals surface area contributed by atoms with Crippen molar-refractivity contribution in [2.45, 2.75) is 63.9 Å². The summed E-state index contributed by atoms with van der Waals surface area (Å²) in [7, 11) is 0.